The average Bonchev–Trinajstić information content (AvgIpc) is 2.27. The zero-order chi connectivity index (χ0) is 10.9. The van der Waals surface area contributed by atoms with Gasteiger partial charge >= 0.3 is 0 Å². The number of rotatable bonds is 3. The number of hydrogen-bond donors (Lipinski definition) is 1. The van der Waals surface area contributed by atoms with Crippen molar-refractivity contribution in [2.24, 2.45) is 0 Å². The zero-order valence-electron chi connectivity index (χ0n) is 8.17. The van der Waals surface area contributed by atoms with Gasteiger partial charge in [0.05, 0.1) is 8.68 Å². The second-order valence-electron chi connectivity index (χ2n) is 3.25. The Morgan fingerprint density at radius 3 is 2.43 bits per heavy atom. The standard InChI is InChI=1S/C8H12BrNO2S2/c1-5(2)10-14(11,12)7-4-8(9)13-6(7)3/h4-5,10H,1-3H3. The van der Waals surface area contributed by atoms with Crippen molar-refractivity contribution in [3.63, 3.8) is 0 Å². The monoisotopic (exact) mass is 297 g/mol. The Labute approximate surface area is 96.7 Å². The van der Waals surface area contributed by atoms with E-state index >= 15 is 0 Å². The summed E-state index contributed by atoms with van der Waals surface area (Å²) in [5.41, 5.74) is 0. The van der Waals surface area contributed by atoms with Crippen LogP contribution in [0.2, 0.25) is 0 Å². The van der Waals surface area contributed by atoms with Crippen molar-refractivity contribution in [1.82, 2.24) is 4.72 Å². The maximum atomic E-state index is 11.8. The van der Waals surface area contributed by atoms with Gasteiger partial charge in [0.1, 0.15) is 0 Å². The van der Waals surface area contributed by atoms with Crippen LogP contribution in [0.5, 0.6) is 0 Å². The molecule has 0 radical (unpaired) electrons. The fraction of sp³-hybridized carbons (Fsp3) is 0.500. The van der Waals surface area contributed by atoms with E-state index in [2.05, 4.69) is 20.7 Å². The highest BCUT2D eigenvalue weighted by atomic mass is 79.9. The van der Waals surface area contributed by atoms with Crippen LogP contribution in [0.15, 0.2) is 14.7 Å². The predicted octanol–water partition coefficient (Wildman–Crippen LogP) is 2.51. The van der Waals surface area contributed by atoms with E-state index in [0.717, 1.165) is 8.66 Å². The molecule has 3 nitrogen and oxygen atoms in total. The summed E-state index contributed by atoms with van der Waals surface area (Å²) in [5, 5.41) is 0. The maximum Gasteiger partial charge on any atom is 0.241 e. The lowest BCUT2D eigenvalue weighted by atomic mass is 10.4. The summed E-state index contributed by atoms with van der Waals surface area (Å²) in [4.78, 5) is 1.16. The van der Waals surface area contributed by atoms with Gasteiger partial charge in [-0.15, -0.1) is 11.3 Å². The van der Waals surface area contributed by atoms with E-state index in [-0.39, 0.29) is 6.04 Å². The summed E-state index contributed by atoms with van der Waals surface area (Å²) in [6.45, 7) is 5.40. The molecule has 14 heavy (non-hydrogen) atoms. The van der Waals surface area contributed by atoms with Crippen LogP contribution in [0, 0.1) is 6.92 Å². The molecule has 0 saturated carbocycles. The lowest BCUT2D eigenvalue weighted by molar-refractivity contribution is 0.570. The summed E-state index contributed by atoms with van der Waals surface area (Å²) in [6.07, 6.45) is 0. The van der Waals surface area contributed by atoms with Gasteiger partial charge in [0.2, 0.25) is 10.0 Å². The first-order valence-electron chi connectivity index (χ1n) is 4.11. The van der Waals surface area contributed by atoms with Crippen molar-refractivity contribution in [2.45, 2.75) is 31.7 Å². The van der Waals surface area contributed by atoms with E-state index in [9.17, 15) is 8.42 Å². The number of hydrogen-bond acceptors (Lipinski definition) is 3. The maximum absolute atomic E-state index is 11.8. The van der Waals surface area contributed by atoms with Crippen LogP contribution in [0.1, 0.15) is 18.7 Å². The van der Waals surface area contributed by atoms with Crippen LogP contribution in [-0.4, -0.2) is 14.5 Å². The lowest BCUT2D eigenvalue weighted by Crippen LogP contribution is -2.30. The Hall–Kier alpha value is 0.0900. The van der Waals surface area contributed by atoms with Crippen LogP contribution in [0.4, 0.5) is 0 Å². The first-order valence-corrected chi connectivity index (χ1v) is 7.20. The summed E-state index contributed by atoms with van der Waals surface area (Å²) >= 11 is 4.69. The molecule has 0 unspecified atom stereocenters. The second kappa shape index (κ2) is 4.30. The van der Waals surface area contributed by atoms with Gasteiger partial charge in [-0.3, -0.25) is 0 Å². The molecule has 1 N–H and O–H groups in total. The Morgan fingerprint density at radius 1 is 1.50 bits per heavy atom. The second-order valence-corrected chi connectivity index (χ2v) is 7.56. The molecule has 1 rings (SSSR count). The highest BCUT2D eigenvalue weighted by Gasteiger charge is 2.19. The fourth-order valence-corrected chi connectivity index (χ4v) is 4.74. The molecule has 0 saturated heterocycles. The Balaban J connectivity index is 3.10. The minimum absolute atomic E-state index is 0.0851. The molecule has 0 aliphatic heterocycles. The number of halogens is 1. The van der Waals surface area contributed by atoms with Gasteiger partial charge in [-0.1, -0.05) is 0 Å². The molecule has 1 aromatic rings. The fourth-order valence-electron chi connectivity index (χ4n) is 1.07. The van der Waals surface area contributed by atoms with E-state index in [1.165, 1.54) is 11.3 Å². The third-order valence-corrected chi connectivity index (χ3v) is 4.99. The Bertz CT molecular complexity index is 423. The van der Waals surface area contributed by atoms with Crippen molar-refractivity contribution in [3.05, 3.63) is 14.7 Å². The van der Waals surface area contributed by atoms with Crippen LogP contribution >= 0.6 is 27.3 Å². The van der Waals surface area contributed by atoms with Gasteiger partial charge < -0.3 is 0 Å². The van der Waals surface area contributed by atoms with Crippen molar-refractivity contribution in [3.8, 4) is 0 Å². The molecular weight excluding hydrogens is 286 g/mol. The van der Waals surface area contributed by atoms with Crippen molar-refractivity contribution >= 4 is 37.3 Å². The highest BCUT2D eigenvalue weighted by molar-refractivity contribution is 9.11. The van der Waals surface area contributed by atoms with Crippen molar-refractivity contribution < 1.29 is 8.42 Å². The molecule has 0 aliphatic rings. The topological polar surface area (TPSA) is 46.2 Å². The molecule has 1 aromatic heterocycles. The van der Waals surface area contributed by atoms with Gasteiger partial charge in [0.25, 0.3) is 0 Å². The molecule has 0 spiro atoms. The molecule has 80 valence electrons. The van der Waals surface area contributed by atoms with Crippen LogP contribution in [-0.2, 0) is 10.0 Å². The van der Waals surface area contributed by atoms with Gasteiger partial charge in [0, 0.05) is 10.9 Å². The number of aryl methyl sites for hydroxylation is 1. The van der Waals surface area contributed by atoms with Crippen LogP contribution < -0.4 is 4.72 Å². The van der Waals surface area contributed by atoms with Crippen LogP contribution in [0.25, 0.3) is 0 Å². The molecule has 0 aliphatic carbocycles. The van der Waals surface area contributed by atoms with Crippen molar-refractivity contribution in [1.29, 1.82) is 0 Å². The number of thiophene rings is 1. The van der Waals surface area contributed by atoms with Crippen molar-refractivity contribution in [2.75, 3.05) is 0 Å². The minimum atomic E-state index is -3.34. The number of nitrogens with one attached hydrogen (secondary N) is 1. The highest BCUT2D eigenvalue weighted by Crippen LogP contribution is 2.29. The van der Waals surface area contributed by atoms with E-state index < -0.39 is 10.0 Å². The van der Waals surface area contributed by atoms with Gasteiger partial charge in [0.15, 0.2) is 0 Å². The molecule has 6 heteroatoms. The molecule has 1 heterocycles. The van der Waals surface area contributed by atoms with E-state index in [1.807, 2.05) is 0 Å². The lowest BCUT2D eigenvalue weighted by Gasteiger charge is -2.08. The summed E-state index contributed by atoms with van der Waals surface area (Å²) in [5.74, 6) is 0. The number of sulfonamides is 1. The average molecular weight is 298 g/mol. The molecule has 0 bridgehead atoms. The van der Waals surface area contributed by atoms with Gasteiger partial charge in [-0.2, -0.15) is 0 Å². The van der Waals surface area contributed by atoms with E-state index in [0.29, 0.717) is 4.90 Å². The van der Waals surface area contributed by atoms with Crippen LogP contribution in [0.3, 0.4) is 0 Å². The first-order chi connectivity index (χ1) is 6.33. The minimum Gasteiger partial charge on any atom is -0.209 e. The predicted molar refractivity (Wildman–Crippen MR) is 62.2 cm³/mol. The molecular formula is C8H12BrNO2S2. The summed E-state index contributed by atoms with van der Waals surface area (Å²) < 4.78 is 26.9. The first kappa shape index (κ1) is 12.2. The van der Waals surface area contributed by atoms with E-state index in [4.69, 9.17) is 0 Å². The largest absolute Gasteiger partial charge is 0.241 e. The van der Waals surface area contributed by atoms with Gasteiger partial charge in [-0.05, 0) is 42.8 Å². The van der Waals surface area contributed by atoms with E-state index in [1.54, 1.807) is 26.8 Å². The smallest absolute Gasteiger partial charge is 0.209 e. The Morgan fingerprint density at radius 2 is 2.07 bits per heavy atom. The third kappa shape index (κ3) is 2.79. The quantitative estimate of drug-likeness (QED) is 0.932. The zero-order valence-corrected chi connectivity index (χ0v) is 11.4. The third-order valence-electron chi connectivity index (χ3n) is 1.52. The SMILES string of the molecule is Cc1sc(Br)cc1S(=O)(=O)NC(C)C. The molecule has 0 atom stereocenters. The Kier molecular flexibility index (Phi) is 3.74. The molecule has 0 amide bonds. The molecule has 0 fully saturated rings. The molecule has 0 aromatic carbocycles. The van der Waals surface area contributed by atoms with Gasteiger partial charge in [-0.25, -0.2) is 13.1 Å². The summed E-state index contributed by atoms with van der Waals surface area (Å²) in [6, 6.07) is 1.54. The normalized spacial score (nSPS) is 12.4. The summed E-state index contributed by atoms with van der Waals surface area (Å²) in [7, 11) is -3.34.